The van der Waals surface area contributed by atoms with Crippen molar-refractivity contribution in [2.45, 2.75) is 79.3 Å². The first-order chi connectivity index (χ1) is 21.0. The molecule has 9 heteroatoms. The zero-order valence-electron chi connectivity index (χ0n) is 26.6. The van der Waals surface area contributed by atoms with Crippen LogP contribution < -0.4 is 5.76 Å². The summed E-state index contributed by atoms with van der Waals surface area (Å²) in [5, 5.41) is 3.86. The second-order valence-electron chi connectivity index (χ2n) is 10.9. The Morgan fingerprint density at radius 3 is 2.21 bits per heavy atom. The fourth-order valence-corrected chi connectivity index (χ4v) is 6.35. The number of morpholine rings is 1. The van der Waals surface area contributed by atoms with Crippen molar-refractivity contribution in [3.05, 3.63) is 64.6 Å². The summed E-state index contributed by atoms with van der Waals surface area (Å²) in [6.45, 7) is 16.7. The zero-order chi connectivity index (χ0) is 31.0. The molecule has 232 valence electrons. The average molecular weight is 590 g/mol. The molecule has 2 aromatic carbocycles. The van der Waals surface area contributed by atoms with Crippen LogP contribution in [0.4, 0.5) is 0 Å². The van der Waals surface area contributed by atoms with Gasteiger partial charge in [-0.25, -0.2) is 4.79 Å². The Hall–Kier alpha value is -3.56. The molecule has 3 aliphatic rings. The van der Waals surface area contributed by atoms with Crippen LogP contribution in [0.15, 0.2) is 62.8 Å². The van der Waals surface area contributed by atoms with Gasteiger partial charge < -0.3 is 4.74 Å². The molecule has 1 saturated heterocycles. The maximum atomic E-state index is 14.3. The lowest BCUT2D eigenvalue weighted by molar-refractivity contribution is -0.136. The third-order valence-electron chi connectivity index (χ3n) is 8.55. The molecular formula is C34H47N5O4. The van der Waals surface area contributed by atoms with Crippen LogP contribution in [0.3, 0.4) is 0 Å². The molecule has 2 atom stereocenters. The van der Waals surface area contributed by atoms with Crippen LogP contribution in [0.25, 0.3) is 22.5 Å². The van der Waals surface area contributed by atoms with Crippen LogP contribution >= 0.6 is 0 Å². The van der Waals surface area contributed by atoms with Crippen LogP contribution in [-0.2, 0) is 16.1 Å². The number of benzene rings is 2. The zero-order valence-corrected chi connectivity index (χ0v) is 26.6. The van der Waals surface area contributed by atoms with E-state index in [0.29, 0.717) is 12.4 Å². The molecule has 0 spiro atoms. The lowest BCUT2D eigenvalue weighted by Gasteiger charge is -2.39. The van der Waals surface area contributed by atoms with E-state index in [0.717, 1.165) is 86.6 Å². The Bertz CT molecular complexity index is 1440. The lowest BCUT2D eigenvalue weighted by atomic mass is 9.92. The topological polar surface area (TPSA) is 104 Å². The number of aliphatic imine (C=N–C) groups is 1. The molecule has 1 aliphatic carbocycles. The van der Waals surface area contributed by atoms with Gasteiger partial charge in [0.1, 0.15) is 5.84 Å². The normalized spacial score (nSPS) is 22.9. The van der Waals surface area contributed by atoms with Crippen molar-refractivity contribution < 1.29 is 14.1 Å². The molecule has 2 aliphatic heterocycles. The van der Waals surface area contributed by atoms with Gasteiger partial charge in [-0.15, -0.1) is 0 Å². The molecule has 2 unspecified atom stereocenters. The third-order valence-corrected chi connectivity index (χ3v) is 8.55. The number of rotatable bonds is 9. The Morgan fingerprint density at radius 1 is 0.930 bits per heavy atom. The van der Waals surface area contributed by atoms with E-state index >= 15 is 0 Å². The standard InChI is InChI=1S/C30H35N5O4.2C2H6/c1-3-7-25-32-30(4-2)19-29(30,20-34-14-16-38-17-15-34)27(36)35(25)18-21-10-12-22(13-11-21)23-8-5-6-9-24(23)26-31-28(37)39-33-26;2*1-2/h5-6,8-13H,3-4,7,14-20H2,1-2H3,(H,31,33,37);2*1-2H3. The Balaban J connectivity index is 0.00000102. The van der Waals surface area contributed by atoms with Crippen LogP contribution in [0.2, 0.25) is 0 Å². The third kappa shape index (κ3) is 6.38. The van der Waals surface area contributed by atoms with E-state index in [1.165, 1.54) is 0 Å². The van der Waals surface area contributed by atoms with Gasteiger partial charge in [-0.05, 0) is 36.0 Å². The first-order valence-corrected chi connectivity index (χ1v) is 15.9. The number of aromatic amines is 1. The van der Waals surface area contributed by atoms with Gasteiger partial charge in [0.05, 0.1) is 30.7 Å². The largest absolute Gasteiger partial charge is 0.439 e. The minimum absolute atomic E-state index is 0.221. The number of amides is 1. The van der Waals surface area contributed by atoms with E-state index in [9.17, 15) is 9.59 Å². The predicted octanol–water partition coefficient (Wildman–Crippen LogP) is 6.16. The number of nitrogens with one attached hydrogen (secondary N) is 1. The summed E-state index contributed by atoms with van der Waals surface area (Å²) in [6.07, 6.45) is 3.45. The van der Waals surface area contributed by atoms with Gasteiger partial charge in [-0.3, -0.25) is 29.1 Å². The van der Waals surface area contributed by atoms with Crippen molar-refractivity contribution >= 4 is 11.7 Å². The number of aromatic nitrogens is 2. The maximum absolute atomic E-state index is 14.3. The summed E-state index contributed by atoms with van der Waals surface area (Å²) >= 11 is 0. The van der Waals surface area contributed by atoms with E-state index in [1.54, 1.807) is 0 Å². The lowest BCUT2D eigenvalue weighted by Crippen LogP contribution is -2.53. The van der Waals surface area contributed by atoms with Gasteiger partial charge >= 0.3 is 5.76 Å². The predicted molar refractivity (Wildman–Crippen MR) is 171 cm³/mol. The van der Waals surface area contributed by atoms with E-state index < -0.39 is 11.2 Å². The highest BCUT2D eigenvalue weighted by Gasteiger charge is 2.74. The molecule has 43 heavy (non-hydrogen) atoms. The van der Waals surface area contributed by atoms with E-state index in [1.807, 2.05) is 69.0 Å². The molecule has 2 fully saturated rings. The average Bonchev–Trinajstić information content (AvgIpc) is 3.50. The first-order valence-electron chi connectivity index (χ1n) is 15.9. The van der Waals surface area contributed by atoms with E-state index in [2.05, 4.69) is 41.0 Å². The van der Waals surface area contributed by atoms with Crippen LogP contribution in [-0.4, -0.2) is 70.1 Å². The van der Waals surface area contributed by atoms with Gasteiger partial charge in [0, 0.05) is 31.6 Å². The smallest absolute Gasteiger partial charge is 0.379 e. The van der Waals surface area contributed by atoms with E-state index in [4.69, 9.17) is 14.3 Å². The number of hydrogen-bond acceptors (Lipinski definition) is 7. The van der Waals surface area contributed by atoms with Crippen molar-refractivity contribution in [2.24, 2.45) is 10.4 Å². The minimum Gasteiger partial charge on any atom is -0.379 e. The van der Waals surface area contributed by atoms with Crippen LogP contribution in [0, 0.1) is 5.41 Å². The highest BCUT2D eigenvalue weighted by atomic mass is 16.5. The van der Waals surface area contributed by atoms with Gasteiger partial charge in [0.15, 0.2) is 5.82 Å². The number of carbonyl (C=O) groups is 1. The molecule has 6 rings (SSSR count). The van der Waals surface area contributed by atoms with Crippen molar-refractivity contribution in [3.63, 3.8) is 0 Å². The molecule has 9 nitrogen and oxygen atoms in total. The molecule has 1 N–H and O–H groups in total. The molecule has 0 bridgehead atoms. The highest BCUT2D eigenvalue weighted by molar-refractivity contribution is 6.06. The SMILES string of the molecule is CC.CC.CCCC1=NC2(CC)CC2(CN2CCOCC2)C(=O)N1Cc1ccc(-c2ccccc2-c2noc(=O)[nH]2)cc1. The second kappa shape index (κ2) is 14.3. The molecule has 0 radical (unpaired) electrons. The molecule has 1 saturated carbocycles. The van der Waals surface area contributed by atoms with Crippen molar-refractivity contribution in [3.8, 4) is 22.5 Å². The number of hydrogen-bond donors (Lipinski definition) is 1. The molecule has 3 heterocycles. The summed E-state index contributed by atoms with van der Waals surface area (Å²) in [7, 11) is 0. The fraction of sp³-hybridized carbons (Fsp3) is 0.529. The maximum Gasteiger partial charge on any atom is 0.439 e. The minimum atomic E-state index is -0.583. The molecule has 1 aromatic heterocycles. The van der Waals surface area contributed by atoms with Crippen molar-refractivity contribution in [1.82, 2.24) is 19.9 Å². The highest BCUT2D eigenvalue weighted by Crippen LogP contribution is 2.64. The Kier molecular flexibility index (Phi) is 10.7. The Labute approximate surface area is 255 Å². The summed E-state index contributed by atoms with van der Waals surface area (Å²) in [6, 6.07) is 16.0. The molecule has 3 aromatic rings. The summed E-state index contributed by atoms with van der Waals surface area (Å²) in [5.41, 5.74) is 3.05. The summed E-state index contributed by atoms with van der Waals surface area (Å²) in [4.78, 5) is 38.0. The molecule has 1 amide bonds. The number of nitrogens with zero attached hydrogens (tertiary/aromatic N) is 4. The number of fused-ring (bicyclic) bond motifs is 1. The molecular weight excluding hydrogens is 542 g/mol. The van der Waals surface area contributed by atoms with Crippen molar-refractivity contribution in [1.29, 1.82) is 0 Å². The fourth-order valence-electron chi connectivity index (χ4n) is 6.35. The van der Waals surface area contributed by atoms with Crippen LogP contribution in [0.5, 0.6) is 0 Å². The number of ether oxygens (including phenoxy) is 1. The van der Waals surface area contributed by atoms with Crippen LogP contribution in [0.1, 0.15) is 72.8 Å². The quantitative estimate of drug-likeness (QED) is 0.321. The number of carbonyl (C=O) groups excluding carboxylic acids is 1. The number of H-pyrrole nitrogens is 1. The summed E-state index contributed by atoms with van der Waals surface area (Å²) in [5.74, 6) is 0.955. The van der Waals surface area contributed by atoms with E-state index in [-0.39, 0.29) is 11.4 Å². The monoisotopic (exact) mass is 589 g/mol. The number of amidine groups is 1. The van der Waals surface area contributed by atoms with Crippen molar-refractivity contribution in [2.75, 3.05) is 32.8 Å². The van der Waals surface area contributed by atoms with Gasteiger partial charge in [-0.1, -0.05) is 95.2 Å². The first kappa shape index (κ1) is 32.4. The second-order valence-corrected chi connectivity index (χ2v) is 10.9. The summed E-state index contributed by atoms with van der Waals surface area (Å²) < 4.78 is 10.3. The van der Waals surface area contributed by atoms with Gasteiger partial charge in [0.25, 0.3) is 0 Å². The van der Waals surface area contributed by atoms with Gasteiger partial charge in [0.2, 0.25) is 5.91 Å². The van der Waals surface area contributed by atoms with Gasteiger partial charge in [-0.2, -0.15) is 0 Å². The Morgan fingerprint density at radius 2 is 1.60 bits per heavy atom.